The highest BCUT2D eigenvalue weighted by Crippen LogP contribution is 2.59. The molecule has 3 aliphatic carbocycles. The minimum absolute atomic E-state index is 0.0909. The monoisotopic (exact) mass is 490 g/mol. The summed E-state index contributed by atoms with van der Waals surface area (Å²) in [7, 11) is -4.39. The lowest BCUT2D eigenvalue weighted by molar-refractivity contribution is -0.142. The quantitative estimate of drug-likeness (QED) is 0.261. The molecule has 0 aliphatic heterocycles. The molecule has 6 rings (SSSR count). The second-order valence-electron chi connectivity index (χ2n) is 10.0. The molecule has 1 N–H and O–H groups in total. The molecule has 2 unspecified atom stereocenters. The fraction of sp³-hybridized carbons (Fsp3) is 0.345. The van der Waals surface area contributed by atoms with Gasteiger partial charge in [-0.3, -0.25) is 9.35 Å². The van der Waals surface area contributed by atoms with E-state index in [-0.39, 0.29) is 40.5 Å². The van der Waals surface area contributed by atoms with Crippen LogP contribution in [-0.2, 0) is 14.9 Å². The highest BCUT2D eigenvalue weighted by Gasteiger charge is 2.52. The van der Waals surface area contributed by atoms with E-state index in [0.717, 1.165) is 6.42 Å². The molecule has 0 fully saturated rings. The molecule has 2 atom stereocenters. The number of carbonyl (C=O) groups excluding carboxylic acids is 1. The number of benzene rings is 3. The van der Waals surface area contributed by atoms with Crippen LogP contribution in [-0.4, -0.2) is 18.9 Å². The van der Waals surface area contributed by atoms with Gasteiger partial charge in [-0.1, -0.05) is 75.7 Å². The van der Waals surface area contributed by atoms with Crippen molar-refractivity contribution >= 4 is 16.1 Å². The number of esters is 1. The lowest BCUT2D eigenvalue weighted by atomic mass is 9.53. The Labute approximate surface area is 206 Å². The van der Waals surface area contributed by atoms with Crippen molar-refractivity contribution in [1.82, 2.24) is 0 Å². The van der Waals surface area contributed by atoms with Crippen LogP contribution in [0.1, 0.15) is 78.3 Å². The van der Waals surface area contributed by atoms with Gasteiger partial charge in [-0.2, -0.15) is 8.42 Å². The highest BCUT2D eigenvalue weighted by atomic mass is 32.2. The summed E-state index contributed by atoms with van der Waals surface area (Å²) in [4.78, 5) is 13.7. The van der Waals surface area contributed by atoms with E-state index in [0.29, 0.717) is 16.9 Å². The van der Waals surface area contributed by atoms with Crippen molar-refractivity contribution in [2.45, 2.75) is 56.8 Å². The van der Waals surface area contributed by atoms with E-state index in [4.69, 9.17) is 4.74 Å². The Morgan fingerprint density at radius 1 is 0.943 bits per heavy atom. The Balaban J connectivity index is 1.59. The van der Waals surface area contributed by atoms with Crippen LogP contribution < -0.4 is 4.74 Å². The normalized spacial score (nSPS) is 22.6. The second kappa shape index (κ2) is 8.61. The van der Waals surface area contributed by atoms with Crippen molar-refractivity contribution in [3.63, 3.8) is 0 Å². The van der Waals surface area contributed by atoms with Crippen molar-refractivity contribution in [2.75, 3.05) is 0 Å². The fourth-order valence-electron chi connectivity index (χ4n) is 6.23. The zero-order valence-electron chi connectivity index (χ0n) is 20.4. The van der Waals surface area contributed by atoms with Crippen LogP contribution in [0.15, 0.2) is 65.6 Å². The van der Waals surface area contributed by atoms with E-state index in [2.05, 4.69) is 43.3 Å². The maximum Gasteiger partial charge on any atom is 0.315 e. The average Bonchev–Trinajstić information content (AvgIpc) is 2.83. The van der Waals surface area contributed by atoms with E-state index in [9.17, 15) is 17.8 Å². The van der Waals surface area contributed by atoms with Gasteiger partial charge in [-0.25, -0.2) is 0 Å². The lowest BCUT2D eigenvalue weighted by Crippen LogP contribution is -2.44. The van der Waals surface area contributed by atoms with Crippen LogP contribution in [0.5, 0.6) is 5.75 Å². The molecule has 0 radical (unpaired) electrons. The molecule has 6 heteroatoms. The van der Waals surface area contributed by atoms with Gasteiger partial charge in [0.2, 0.25) is 0 Å². The molecule has 35 heavy (non-hydrogen) atoms. The number of hydrogen-bond acceptors (Lipinski definition) is 4. The van der Waals surface area contributed by atoms with Crippen LogP contribution in [0.4, 0.5) is 0 Å². The zero-order valence-corrected chi connectivity index (χ0v) is 21.2. The molecule has 3 aromatic rings. The smallest absolute Gasteiger partial charge is 0.315 e. The van der Waals surface area contributed by atoms with Crippen molar-refractivity contribution in [3.8, 4) is 5.75 Å². The van der Waals surface area contributed by atoms with E-state index in [1.54, 1.807) is 13.0 Å². The van der Waals surface area contributed by atoms with Gasteiger partial charge in [0.25, 0.3) is 10.1 Å². The largest absolute Gasteiger partial charge is 0.426 e. The molecule has 0 saturated heterocycles. The minimum Gasteiger partial charge on any atom is -0.426 e. The van der Waals surface area contributed by atoms with E-state index in [1.807, 2.05) is 26.0 Å². The summed E-state index contributed by atoms with van der Waals surface area (Å²) < 4.78 is 39.6. The topological polar surface area (TPSA) is 80.7 Å². The first-order valence-electron chi connectivity index (χ1n) is 12.1. The number of ether oxygens (including phenoxy) is 1. The van der Waals surface area contributed by atoms with Gasteiger partial charge in [0.05, 0.1) is 10.8 Å². The Hall–Kier alpha value is -2.96. The van der Waals surface area contributed by atoms with Crippen molar-refractivity contribution in [3.05, 3.63) is 94.0 Å². The van der Waals surface area contributed by atoms with E-state index in [1.165, 1.54) is 28.3 Å². The first kappa shape index (κ1) is 23.8. The molecule has 0 heterocycles. The van der Waals surface area contributed by atoms with Gasteiger partial charge in [0.1, 0.15) is 5.75 Å². The maximum absolute atomic E-state index is 13.9. The van der Waals surface area contributed by atoms with Gasteiger partial charge in [0, 0.05) is 11.8 Å². The first-order valence-corrected chi connectivity index (χ1v) is 13.6. The fourth-order valence-corrected chi connectivity index (χ4v) is 7.15. The third-order valence-corrected chi connectivity index (χ3v) is 8.65. The summed E-state index contributed by atoms with van der Waals surface area (Å²) in [6, 6.07) is 19.8. The van der Waals surface area contributed by atoms with Crippen molar-refractivity contribution in [1.29, 1.82) is 0 Å². The maximum atomic E-state index is 13.9. The predicted octanol–water partition coefficient (Wildman–Crippen LogP) is 6.20. The van der Waals surface area contributed by atoms with Gasteiger partial charge >= 0.3 is 5.97 Å². The van der Waals surface area contributed by atoms with E-state index >= 15 is 0 Å². The number of fused-ring (bicyclic) bond motifs is 1. The van der Waals surface area contributed by atoms with Crippen molar-refractivity contribution in [2.24, 2.45) is 11.8 Å². The predicted molar refractivity (Wildman–Crippen MR) is 135 cm³/mol. The molecule has 0 spiro atoms. The third kappa shape index (κ3) is 3.80. The number of hydrogen-bond donors (Lipinski definition) is 1. The summed E-state index contributed by atoms with van der Waals surface area (Å²) in [5.41, 5.74) is 5.87. The number of rotatable bonds is 5. The molecule has 2 bridgehead atoms. The Kier molecular flexibility index (Phi) is 5.85. The van der Waals surface area contributed by atoms with Gasteiger partial charge < -0.3 is 4.74 Å². The van der Waals surface area contributed by atoms with Gasteiger partial charge in [0.15, 0.2) is 0 Å². The second-order valence-corrected chi connectivity index (χ2v) is 11.4. The first-order chi connectivity index (χ1) is 16.6. The SMILES string of the molecule is CCC1C2c3ccccc3C(c3ccccc32)C1C(=O)Oc1cc(C(C)C)c(S(=O)(=O)O)cc1C. The highest BCUT2D eigenvalue weighted by molar-refractivity contribution is 7.85. The van der Waals surface area contributed by atoms with Gasteiger partial charge in [-0.05, 0) is 64.3 Å². The summed E-state index contributed by atoms with van der Waals surface area (Å²) >= 11 is 0. The zero-order chi connectivity index (χ0) is 25.1. The number of aryl methyl sites for hydroxylation is 1. The summed E-state index contributed by atoms with van der Waals surface area (Å²) in [5, 5.41) is 0. The van der Waals surface area contributed by atoms with Crippen molar-refractivity contribution < 1.29 is 22.5 Å². The summed E-state index contributed by atoms with van der Waals surface area (Å²) in [6.45, 7) is 7.49. The minimum atomic E-state index is -4.39. The average molecular weight is 491 g/mol. The molecular formula is C29H30O5S. The van der Waals surface area contributed by atoms with Gasteiger partial charge in [-0.15, -0.1) is 0 Å². The van der Waals surface area contributed by atoms with Crippen LogP contribution in [0, 0.1) is 18.8 Å². The van der Waals surface area contributed by atoms with Crippen LogP contribution >= 0.6 is 0 Å². The molecule has 0 amide bonds. The molecular weight excluding hydrogens is 460 g/mol. The summed E-state index contributed by atoms with van der Waals surface area (Å²) in [6.07, 6.45) is 0.835. The van der Waals surface area contributed by atoms with Crippen LogP contribution in [0.2, 0.25) is 0 Å². The van der Waals surface area contributed by atoms with E-state index < -0.39 is 10.1 Å². The molecule has 3 aromatic carbocycles. The molecule has 3 aliphatic rings. The number of carbonyl (C=O) groups is 1. The molecule has 0 saturated carbocycles. The molecule has 182 valence electrons. The molecule has 5 nitrogen and oxygen atoms in total. The standard InChI is InChI=1S/C29H30O5S/c1-5-18-26-19-10-6-8-12-21(19)27(22-13-9-7-11-20(22)26)28(18)29(30)34-24-15-23(16(2)3)25(14-17(24)4)35(31,32)33/h6-16,18,26-28H,5H2,1-4H3,(H,31,32,33). The summed E-state index contributed by atoms with van der Waals surface area (Å²) in [5.74, 6) is -0.358. The van der Waals surface area contributed by atoms with Crippen LogP contribution in [0.3, 0.4) is 0 Å². The Morgan fingerprint density at radius 3 is 1.91 bits per heavy atom. The Bertz CT molecular complexity index is 1380. The Morgan fingerprint density at radius 2 is 1.46 bits per heavy atom. The third-order valence-electron chi connectivity index (χ3n) is 7.74. The lowest BCUT2D eigenvalue weighted by Gasteiger charge is -2.49. The van der Waals surface area contributed by atoms with Crippen LogP contribution in [0.25, 0.3) is 0 Å². The molecule has 0 aromatic heterocycles.